The summed E-state index contributed by atoms with van der Waals surface area (Å²) in [5, 5.41) is 12.6. The van der Waals surface area contributed by atoms with Crippen molar-refractivity contribution < 1.29 is 0 Å². The molecule has 90 valence electrons. The van der Waals surface area contributed by atoms with Crippen molar-refractivity contribution in [3.63, 3.8) is 0 Å². The fourth-order valence-electron chi connectivity index (χ4n) is 2.53. The van der Waals surface area contributed by atoms with Gasteiger partial charge in [0.25, 0.3) is 0 Å². The van der Waals surface area contributed by atoms with E-state index in [-0.39, 0.29) is 5.92 Å². The van der Waals surface area contributed by atoms with Gasteiger partial charge in [0.2, 0.25) is 0 Å². The van der Waals surface area contributed by atoms with E-state index >= 15 is 0 Å². The number of hydrogen-bond donors (Lipinski definition) is 1. The summed E-state index contributed by atoms with van der Waals surface area (Å²) in [5.74, 6) is 0.166. The van der Waals surface area contributed by atoms with Gasteiger partial charge in [-0.05, 0) is 56.4 Å². The molecule has 0 aromatic heterocycles. The molecule has 0 bridgehead atoms. The van der Waals surface area contributed by atoms with Gasteiger partial charge in [-0.1, -0.05) is 15.9 Å². The Morgan fingerprint density at radius 1 is 1.29 bits per heavy atom. The first-order chi connectivity index (χ1) is 8.11. The molecule has 1 aromatic rings. The molecule has 0 aliphatic heterocycles. The predicted molar refractivity (Wildman–Crippen MR) is 74.0 cm³/mol. The van der Waals surface area contributed by atoms with E-state index in [1.807, 2.05) is 0 Å². The molecule has 0 amide bonds. The van der Waals surface area contributed by atoms with E-state index < -0.39 is 0 Å². The molecule has 2 nitrogen and oxygen atoms in total. The summed E-state index contributed by atoms with van der Waals surface area (Å²) >= 11 is 3.57. The van der Waals surface area contributed by atoms with Crippen LogP contribution in [0.2, 0.25) is 0 Å². The van der Waals surface area contributed by atoms with Gasteiger partial charge >= 0.3 is 0 Å². The highest BCUT2D eigenvalue weighted by Gasteiger charge is 2.26. The Kier molecular flexibility index (Phi) is 3.73. The SMILES string of the molecule is Cc1cc(NC2CCCC2C#N)cc(C)c1Br. The molecule has 0 saturated heterocycles. The molecule has 2 rings (SSSR count). The Hall–Kier alpha value is -1.01. The number of nitrogens with one attached hydrogen (secondary N) is 1. The van der Waals surface area contributed by atoms with E-state index in [2.05, 4.69) is 53.3 Å². The number of rotatable bonds is 2. The van der Waals surface area contributed by atoms with E-state index in [1.165, 1.54) is 15.6 Å². The summed E-state index contributed by atoms with van der Waals surface area (Å²) in [7, 11) is 0. The number of anilines is 1. The summed E-state index contributed by atoms with van der Waals surface area (Å²) < 4.78 is 1.17. The van der Waals surface area contributed by atoms with E-state index in [4.69, 9.17) is 5.26 Å². The predicted octanol–water partition coefficient (Wildman–Crippen LogP) is 4.17. The van der Waals surface area contributed by atoms with Gasteiger partial charge in [-0.15, -0.1) is 0 Å². The van der Waals surface area contributed by atoms with Crippen LogP contribution in [0.1, 0.15) is 30.4 Å². The van der Waals surface area contributed by atoms with Crippen LogP contribution >= 0.6 is 15.9 Å². The molecule has 2 atom stereocenters. The lowest BCUT2D eigenvalue weighted by atomic mass is 10.0. The first-order valence-corrected chi connectivity index (χ1v) is 6.84. The molecular weight excluding hydrogens is 276 g/mol. The maximum absolute atomic E-state index is 9.07. The Labute approximate surface area is 111 Å². The highest BCUT2D eigenvalue weighted by molar-refractivity contribution is 9.10. The molecule has 0 heterocycles. The minimum absolute atomic E-state index is 0.166. The van der Waals surface area contributed by atoms with Crippen molar-refractivity contribution in [2.75, 3.05) is 5.32 Å². The molecular formula is C14H17BrN2. The van der Waals surface area contributed by atoms with Crippen molar-refractivity contribution in [3.05, 3.63) is 27.7 Å². The second-order valence-corrected chi connectivity index (χ2v) is 5.63. The van der Waals surface area contributed by atoms with Crippen LogP contribution in [-0.2, 0) is 0 Å². The maximum Gasteiger partial charge on any atom is 0.0677 e. The van der Waals surface area contributed by atoms with Gasteiger partial charge in [0, 0.05) is 16.2 Å². The van der Waals surface area contributed by atoms with E-state index in [0.29, 0.717) is 6.04 Å². The second kappa shape index (κ2) is 5.10. The highest BCUT2D eigenvalue weighted by Crippen LogP contribution is 2.30. The largest absolute Gasteiger partial charge is 0.381 e. The zero-order valence-electron chi connectivity index (χ0n) is 10.3. The third-order valence-corrected chi connectivity index (χ3v) is 4.72. The second-order valence-electron chi connectivity index (χ2n) is 4.84. The summed E-state index contributed by atoms with van der Waals surface area (Å²) in [6.07, 6.45) is 3.29. The minimum Gasteiger partial charge on any atom is -0.381 e. The molecule has 0 spiro atoms. The molecule has 1 aliphatic rings. The Morgan fingerprint density at radius 3 is 2.53 bits per heavy atom. The monoisotopic (exact) mass is 292 g/mol. The molecule has 0 radical (unpaired) electrons. The first kappa shape index (κ1) is 12.4. The van der Waals surface area contributed by atoms with Crippen LogP contribution in [0.5, 0.6) is 0 Å². The van der Waals surface area contributed by atoms with Crippen LogP contribution in [-0.4, -0.2) is 6.04 Å². The van der Waals surface area contributed by atoms with Crippen molar-refractivity contribution in [3.8, 4) is 6.07 Å². The van der Waals surface area contributed by atoms with Crippen molar-refractivity contribution in [2.45, 2.75) is 39.2 Å². The maximum atomic E-state index is 9.07. The fourth-order valence-corrected chi connectivity index (χ4v) is 2.76. The molecule has 17 heavy (non-hydrogen) atoms. The molecule has 1 aliphatic carbocycles. The number of nitrogens with zero attached hydrogens (tertiary/aromatic N) is 1. The van der Waals surface area contributed by atoms with Crippen LogP contribution < -0.4 is 5.32 Å². The third kappa shape index (κ3) is 2.63. The van der Waals surface area contributed by atoms with Crippen LogP contribution in [0.3, 0.4) is 0 Å². The van der Waals surface area contributed by atoms with Crippen molar-refractivity contribution in [2.24, 2.45) is 5.92 Å². The number of halogens is 1. The first-order valence-electron chi connectivity index (χ1n) is 6.04. The Bertz CT molecular complexity index is 439. The average molecular weight is 293 g/mol. The normalized spacial score (nSPS) is 23.4. The summed E-state index contributed by atoms with van der Waals surface area (Å²) in [4.78, 5) is 0. The minimum atomic E-state index is 0.166. The number of benzene rings is 1. The van der Waals surface area contributed by atoms with Gasteiger partial charge in [-0.3, -0.25) is 0 Å². The smallest absolute Gasteiger partial charge is 0.0677 e. The Balaban J connectivity index is 2.17. The van der Waals surface area contributed by atoms with Gasteiger partial charge in [-0.25, -0.2) is 0 Å². The van der Waals surface area contributed by atoms with Gasteiger partial charge in [0.15, 0.2) is 0 Å². The quantitative estimate of drug-likeness (QED) is 0.888. The third-order valence-electron chi connectivity index (χ3n) is 3.47. The molecule has 2 unspecified atom stereocenters. The number of aryl methyl sites for hydroxylation is 2. The molecule has 1 saturated carbocycles. The lowest BCUT2D eigenvalue weighted by Crippen LogP contribution is -2.22. The molecule has 3 heteroatoms. The molecule has 1 aromatic carbocycles. The van der Waals surface area contributed by atoms with Crippen LogP contribution in [0.4, 0.5) is 5.69 Å². The van der Waals surface area contributed by atoms with Crippen molar-refractivity contribution in [1.82, 2.24) is 0 Å². The van der Waals surface area contributed by atoms with E-state index in [0.717, 1.165) is 24.9 Å². The standard InChI is InChI=1S/C14H17BrN2/c1-9-6-12(7-10(2)14(9)15)17-13-5-3-4-11(13)8-16/h6-7,11,13,17H,3-5H2,1-2H3. The van der Waals surface area contributed by atoms with Gasteiger partial charge in [0.05, 0.1) is 12.0 Å². The van der Waals surface area contributed by atoms with Gasteiger partial charge in [-0.2, -0.15) is 5.26 Å². The summed E-state index contributed by atoms with van der Waals surface area (Å²) in [5.41, 5.74) is 3.60. The lowest BCUT2D eigenvalue weighted by Gasteiger charge is -2.18. The molecule has 1 fully saturated rings. The molecule has 1 N–H and O–H groups in total. The topological polar surface area (TPSA) is 35.8 Å². The highest BCUT2D eigenvalue weighted by atomic mass is 79.9. The fraction of sp³-hybridized carbons (Fsp3) is 0.500. The van der Waals surface area contributed by atoms with E-state index in [9.17, 15) is 0 Å². The van der Waals surface area contributed by atoms with Crippen molar-refractivity contribution in [1.29, 1.82) is 5.26 Å². The summed E-state index contributed by atoms with van der Waals surface area (Å²) in [6.45, 7) is 4.19. The van der Waals surface area contributed by atoms with Crippen LogP contribution in [0, 0.1) is 31.1 Å². The van der Waals surface area contributed by atoms with Crippen LogP contribution in [0.15, 0.2) is 16.6 Å². The van der Waals surface area contributed by atoms with E-state index in [1.54, 1.807) is 0 Å². The van der Waals surface area contributed by atoms with Gasteiger partial charge in [0.1, 0.15) is 0 Å². The van der Waals surface area contributed by atoms with Crippen LogP contribution in [0.25, 0.3) is 0 Å². The Morgan fingerprint density at radius 2 is 1.94 bits per heavy atom. The lowest BCUT2D eigenvalue weighted by molar-refractivity contribution is 0.629. The van der Waals surface area contributed by atoms with Crippen molar-refractivity contribution >= 4 is 21.6 Å². The zero-order chi connectivity index (χ0) is 12.4. The average Bonchev–Trinajstić information content (AvgIpc) is 2.73. The zero-order valence-corrected chi connectivity index (χ0v) is 11.8. The van der Waals surface area contributed by atoms with Gasteiger partial charge < -0.3 is 5.32 Å². The number of nitriles is 1. The summed E-state index contributed by atoms with van der Waals surface area (Å²) in [6, 6.07) is 7.01. The number of hydrogen-bond acceptors (Lipinski definition) is 2.